The summed E-state index contributed by atoms with van der Waals surface area (Å²) in [5, 5.41) is 13.6. The number of benzene rings is 3. The lowest BCUT2D eigenvalue weighted by Gasteiger charge is -2.07. The summed E-state index contributed by atoms with van der Waals surface area (Å²) in [5.74, 6) is -0.0747. The molecule has 3 aromatic rings. The van der Waals surface area contributed by atoms with Crippen LogP contribution in [0.2, 0.25) is 0 Å². The zero-order valence-corrected chi connectivity index (χ0v) is 13.4. The number of carbonyl (C=O) groups excluding carboxylic acids is 1. The molecule has 0 spiro atoms. The molecule has 0 fully saturated rings. The first-order valence-electron chi connectivity index (χ1n) is 7.80. The maximum atomic E-state index is 12.1. The van der Waals surface area contributed by atoms with E-state index in [4.69, 9.17) is 0 Å². The monoisotopic (exact) mass is 332 g/mol. The Bertz CT molecular complexity index is 873. The lowest BCUT2D eigenvalue weighted by Crippen LogP contribution is -2.14. The van der Waals surface area contributed by atoms with Crippen molar-refractivity contribution in [3.63, 3.8) is 0 Å². The van der Waals surface area contributed by atoms with Gasteiger partial charge < -0.3 is 5.32 Å². The van der Waals surface area contributed by atoms with Gasteiger partial charge >= 0.3 is 0 Å². The van der Waals surface area contributed by atoms with Crippen molar-refractivity contribution in [3.8, 4) is 11.1 Å². The van der Waals surface area contributed by atoms with Crippen molar-refractivity contribution in [3.05, 3.63) is 94.5 Å². The van der Waals surface area contributed by atoms with Crippen molar-refractivity contribution in [2.45, 2.75) is 6.42 Å². The minimum atomic E-state index is -0.421. The number of hydrogen-bond acceptors (Lipinski definition) is 3. The van der Waals surface area contributed by atoms with Gasteiger partial charge in [-0.25, -0.2) is 0 Å². The number of nitro benzene ring substituents is 1. The topological polar surface area (TPSA) is 72.2 Å². The molecule has 0 radical (unpaired) electrons. The molecule has 5 nitrogen and oxygen atoms in total. The summed E-state index contributed by atoms with van der Waals surface area (Å²) in [6.45, 7) is 0. The predicted octanol–water partition coefficient (Wildman–Crippen LogP) is 4.44. The molecular weight excluding hydrogens is 316 g/mol. The molecule has 1 N–H and O–H groups in total. The van der Waals surface area contributed by atoms with Gasteiger partial charge in [0.1, 0.15) is 0 Å². The number of hydrogen-bond donors (Lipinski definition) is 1. The van der Waals surface area contributed by atoms with E-state index in [9.17, 15) is 14.9 Å². The highest BCUT2D eigenvalue weighted by Crippen LogP contribution is 2.24. The van der Waals surface area contributed by atoms with Crippen LogP contribution in [0.25, 0.3) is 11.1 Å². The first-order valence-corrected chi connectivity index (χ1v) is 7.80. The molecule has 0 aromatic heterocycles. The van der Waals surface area contributed by atoms with E-state index in [-0.39, 0.29) is 11.6 Å². The van der Waals surface area contributed by atoms with Gasteiger partial charge in [-0.15, -0.1) is 0 Å². The zero-order chi connectivity index (χ0) is 17.6. The molecule has 124 valence electrons. The van der Waals surface area contributed by atoms with Crippen LogP contribution < -0.4 is 5.32 Å². The molecule has 0 aliphatic carbocycles. The van der Waals surface area contributed by atoms with E-state index < -0.39 is 4.92 Å². The van der Waals surface area contributed by atoms with Gasteiger partial charge in [0.2, 0.25) is 5.91 Å². The summed E-state index contributed by atoms with van der Waals surface area (Å²) in [4.78, 5) is 22.3. The van der Waals surface area contributed by atoms with E-state index >= 15 is 0 Å². The fourth-order valence-corrected chi connectivity index (χ4v) is 2.51. The number of rotatable bonds is 5. The molecule has 25 heavy (non-hydrogen) atoms. The molecule has 0 aliphatic heterocycles. The average Bonchev–Trinajstić information content (AvgIpc) is 2.63. The minimum absolute atomic E-state index is 0.0635. The highest BCUT2D eigenvalue weighted by molar-refractivity contribution is 5.92. The SMILES string of the molecule is O=C(Cc1ccccc1)Nc1ccc(-c2ccc([N+](=O)[O-])cc2)cc1. The Morgan fingerprint density at radius 3 is 1.96 bits per heavy atom. The van der Waals surface area contributed by atoms with Gasteiger partial charge in [-0.1, -0.05) is 42.5 Å². The summed E-state index contributed by atoms with van der Waals surface area (Å²) in [7, 11) is 0. The van der Waals surface area contributed by atoms with Gasteiger partial charge in [0.25, 0.3) is 5.69 Å². The van der Waals surface area contributed by atoms with Crippen LogP contribution in [-0.4, -0.2) is 10.8 Å². The molecule has 0 heterocycles. The Kier molecular flexibility index (Phi) is 4.85. The van der Waals surface area contributed by atoms with E-state index in [0.717, 1.165) is 16.7 Å². The molecular formula is C20H16N2O3. The quantitative estimate of drug-likeness (QED) is 0.554. The summed E-state index contributed by atoms with van der Waals surface area (Å²) < 4.78 is 0. The Morgan fingerprint density at radius 1 is 0.840 bits per heavy atom. The maximum Gasteiger partial charge on any atom is 0.269 e. The number of amides is 1. The van der Waals surface area contributed by atoms with Crippen molar-refractivity contribution in [1.29, 1.82) is 0 Å². The predicted molar refractivity (Wildman–Crippen MR) is 97.3 cm³/mol. The van der Waals surface area contributed by atoms with E-state index in [0.29, 0.717) is 12.1 Å². The van der Waals surface area contributed by atoms with Crippen LogP contribution >= 0.6 is 0 Å². The van der Waals surface area contributed by atoms with Gasteiger partial charge in [0.15, 0.2) is 0 Å². The van der Waals surface area contributed by atoms with E-state index in [2.05, 4.69) is 5.32 Å². The molecule has 5 heteroatoms. The number of anilines is 1. The Morgan fingerprint density at radius 2 is 1.40 bits per heavy atom. The van der Waals surface area contributed by atoms with Gasteiger partial charge in [-0.3, -0.25) is 14.9 Å². The number of carbonyl (C=O) groups is 1. The Balaban J connectivity index is 1.65. The Hall–Kier alpha value is -3.47. The highest BCUT2D eigenvalue weighted by atomic mass is 16.6. The number of non-ortho nitro benzene ring substituents is 1. The number of nitro groups is 1. The van der Waals surface area contributed by atoms with Crippen LogP contribution in [0.3, 0.4) is 0 Å². The van der Waals surface area contributed by atoms with Gasteiger partial charge in [-0.05, 0) is 41.0 Å². The van der Waals surface area contributed by atoms with E-state index in [1.165, 1.54) is 12.1 Å². The maximum absolute atomic E-state index is 12.1. The van der Waals surface area contributed by atoms with Crippen molar-refractivity contribution >= 4 is 17.3 Å². The third-order valence-corrected chi connectivity index (χ3v) is 3.79. The lowest BCUT2D eigenvalue weighted by atomic mass is 10.0. The summed E-state index contributed by atoms with van der Waals surface area (Å²) >= 11 is 0. The third-order valence-electron chi connectivity index (χ3n) is 3.79. The van der Waals surface area contributed by atoms with Gasteiger partial charge in [-0.2, -0.15) is 0 Å². The second-order valence-corrected chi connectivity index (χ2v) is 5.59. The molecule has 1 amide bonds. The standard InChI is InChI=1S/C20H16N2O3/c23-20(14-15-4-2-1-3-5-15)21-18-10-6-16(7-11-18)17-8-12-19(13-9-17)22(24)25/h1-13H,14H2,(H,21,23). The molecule has 0 unspecified atom stereocenters. The zero-order valence-electron chi connectivity index (χ0n) is 13.4. The van der Waals surface area contributed by atoms with Gasteiger partial charge in [0, 0.05) is 17.8 Å². The number of nitrogens with one attached hydrogen (secondary N) is 1. The second-order valence-electron chi connectivity index (χ2n) is 5.59. The lowest BCUT2D eigenvalue weighted by molar-refractivity contribution is -0.384. The molecule has 0 atom stereocenters. The fraction of sp³-hybridized carbons (Fsp3) is 0.0500. The van der Waals surface area contributed by atoms with Crippen LogP contribution in [0.1, 0.15) is 5.56 Å². The van der Waals surface area contributed by atoms with Crippen molar-refractivity contribution in [2.24, 2.45) is 0 Å². The summed E-state index contributed by atoms with van der Waals surface area (Å²) in [5.41, 5.74) is 3.55. The third kappa shape index (κ3) is 4.29. The molecule has 0 aliphatic rings. The van der Waals surface area contributed by atoms with E-state index in [1.807, 2.05) is 54.6 Å². The van der Waals surface area contributed by atoms with Crippen LogP contribution in [0.5, 0.6) is 0 Å². The molecule has 0 saturated carbocycles. The smallest absolute Gasteiger partial charge is 0.269 e. The van der Waals surface area contributed by atoms with Crippen molar-refractivity contribution in [2.75, 3.05) is 5.32 Å². The van der Waals surface area contributed by atoms with Crippen LogP contribution in [0.15, 0.2) is 78.9 Å². The molecule has 0 saturated heterocycles. The molecule has 3 rings (SSSR count). The van der Waals surface area contributed by atoms with E-state index in [1.54, 1.807) is 12.1 Å². The normalized spacial score (nSPS) is 10.2. The second kappa shape index (κ2) is 7.40. The van der Waals surface area contributed by atoms with Crippen LogP contribution in [-0.2, 0) is 11.2 Å². The Labute approximate surface area is 145 Å². The summed E-state index contributed by atoms with van der Waals surface area (Å²) in [6, 6.07) is 23.3. The highest BCUT2D eigenvalue weighted by Gasteiger charge is 2.06. The van der Waals surface area contributed by atoms with Crippen LogP contribution in [0.4, 0.5) is 11.4 Å². The molecule has 0 bridgehead atoms. The van der Waals surface area contributed by atoms with Crippen molar-refractivity contribution < 1.29 is 9.72 Å². The first-order chi connectivity index (χ1) is 12.1. The molecule has 3 aromatic carbocycles. The number of nitrogens with zero attached hydrogens (tertiary/aromatic N) is 1. The first kappa shape index (κ1) is 16.4. The van der Waals surface area contributed by atoms with Gasteiger partial charge in [0.05, 0.1) is 11.3 Å². The fourth-order valence-electron chi connectivity index (χ4n) is 2.51. The summed E-state index contributed by atoms with van der Waals surface area (Å²) in [6.07, 6.45) is 0.324. The average molecular weight is 332 g/mol. The van der Waals surface area contributed by atoms with Crippen LogP contribution in [0, 0.1) is 10.1 Å². The largest absolute Gasteiger partial charge is 0.326 e. The van der Waals surface area contributed by atoms with Crippen molar-refractivity contribution in [1.82, 2.24) is 0 Å². The minimum Gasteiger partial charge on any atom is -0.326 e.